The topological polar surface area (TPSA) is 63.0 Å². The van der Waals surface area contributed by atoms with Crippen LogP contribution in [0.2, 0.25) is 0 Å². The summed E-state index contributed by atoms with van der Waals surface area (Å²) in [6, 6.07) is 8.69. The number of halogens is 2. The molecule has 6 nitrogen and oxygen atoms in total. The molecular weight excluding hydrogens is 418 g/mol. The zero-order chi connectivity index (χ0) is 22.2. The van der Waals surface area contributed by atoms with Crippen molar-refractivity contribution in [2.75, 3.05) is 39.4 Å². The summed E-state index contributed by atoms with van der Waals surface area (Å²) in [6.07, 6.45) is 0.674. The van der Waals surface area contributed by atoms with Crippen molar-refractivity contribution in [1.82, 2.24) is 9.80 Å². The highest BCUT2D eigenvalue weighted by Crippen LogP contribution is 2.38. The van der Waals surface area contributed by atoms with Crippen LogP contribution in [-0.4, -0.2) is 55.1 Å². The van der Waals surface area contributed by atoms with Crippen molar-refractivity contribution in [2.45, 2.75) is 12.5 Å². The maximum atomic E-state index is 14.0. The Morgan fingerprint density at radius 3 is 2.53 bits per heavy atom. The van der Waals surface area contributed by atoms with Gasteiger partial charge in [-0.15, -0.1) is 0 Å². The molecule has 0 saturated carbocycles. The summed E-state index contributed by atoms with van der Waals surface area (Å²) >= 11 is 0. The third-order valence-corrected chi connectivity index (χ3v) is 6.07. The van der Waals surface area contributed by atoms with E-state index < -0.39 is 29.0 Å². The fourth-order valence-corrected chi connectivity index (χ4v) is 4.54. The van der Waals surface area contributed by atoms with Gasteiger partial charge in [-0.3, -0.25) is 14.5 Å². The summed E-state index contributed by atoms with van der Waals surface area (Å²) in [5.74, 6) is -1.51. The maximum Gasteiger partial charge on any atom is 0.290 e. The van der Waals surface area contributed by atoms with Crippen LogP contribution in [0.3, 0.4) is 0 Å². The quantitative estimate of drug-likeness (QED) is 0.609. The summed E-state index contributed by atoms with van der Waals surface area (Å²) in [6.45, 7) is 4.17. The number of fused-ring (bicyclic) bond motifs is 2. The van der Waals surface area contributed by atoms with Crippen LogP contribution >= 0.6 is 0 Å². The average Bonchev–Trinajstić information content (AvgIpc) is 3.07. The highest BCUT2D eigenvalue weighted by Gasteiger charge is 2.42. The third-order valence-electron chi connectivity index (χ3n) is 6.07. The van der Waals surface area contributed by atoms with Gasteiger partial charge in [0.05, 0.1) is 30.2 Å². The molecule has 0 N–H and O–H groups in total. The molecule has 0 bridgehead atoms. The summed E-state index contributed by atoms with van der Waals surface area (Å²) in [5.41, 5.74) is 0.285. The van der Waals surface area contributed by atoms with Crippen LogP contribution < -0.4 is 5.43 Å². The lowest BCUT2D eigenvalue weighted by molar-refractivity contribution is 0.0353. The molecule has 1 fully saturated rings. The molecule has 1 atom stereocenters. The molecular formula is C24H22F2N2O4. The summed E-state index contributed by atoms with van der Waals surface area (Å²) in [7, 11) is 0. The van der Waals surface area contributed by atoms with E-state index in [1.54, 1.807) is 17.0 Å². The molecule has 32 heavy (non-hydrogen) atoms. The van der Waals surface area contributed by atoms with E-state index in [0.717, 1.165) is 25.7 Å². The number of carbonyl (C=O) groups is 1. The Morgan fingerprint density at radius 2 is 1.75 bits per heavy atom. The van der Waals surface area contributed by atoms with Gasteiger partial charge in [-0.05, 0) is 42.3 Å². The molecule has 1 amide bonds. The first-order chi connectivity index (χ1) is 15.5. The third kappa shape index (κ3) is 3.69. The summed E-state index contributed by atoms with van der Waals surface area (Å²) < 4.78 is 39.0. The lowest BCUT2D eigenvalue weighted by atomic mass is 9.98. The molecule has 2 aliphatic heterocycles. The van der Waals surface area contributed by atoms with E-state index in [1.165, 1.54) is 24.3 Å². The fraction of sp³-hybridized carbons (Fsp3) is 0.333. The molecule has 3 aromatic rings. The number of carbonyl (C=O) groups excluding carboxylic acids is 1. The SMILES string of the molecule is O=C1c2oc3ccc(F)cc3c(=O)c2[C@@H](c2cccc(F)c2)N1CCCN1CCOCC1. The van der Waals surface area contributed by atoms with Crippen LogP contribution in [0.5, 0.6) is 0 Å². The molecule has 0 unspecified atom stereocenters. The van der Waals surface area contributed by atoms with E-state index in [-0.39, 0.29) is 22.3 Å². The molecule has 3 heterocycles. The minimum Gasteiger partial charge on any atom is -0.450 e. The molecule has 166 valence electrons. The van der Waals surface area contributed by atoms with Crippen LogP contribution in [0.15, 0.2) is 51.7 Å². The lowest BCUT2D eigenvalue weighted by Crippen LogP contribution is -2.38. The Bertz CT molecular complexity index is 1240. The number of hydrogen-bond donors (Lipinski definition) is 0. The van der Waals surface area contributed by atoms with E-state index in [4.69, 9.17) is 9.15 Å². The second kappa shape index (κ2) is 8.44. The monoisotopic (exact) mass is 440 g/mol. The number of nitrogens with zero attached hydrogens (tertiary/aromatic N) is 2. The Morgan fingerprint density at radius 1 is 0.969 bits per heavy atom. The van der Waals surface area contributed by atoms with Gasteiger partial charge in [0.2, 0.25) is 5.76 Å². The number of amides is 1. The second-order valence-electron chi connectivity index (χ2n) is 8.08. The van der Waals surface area contributed by atoms with Crippen LogP contribution in [0.1, 0.15) is 34.1 Å². The number of morpholine rings is 1. The van der Waals surface area contributed by atoms with E-state index in [9.17, 15) is 18.4 Å². The standard InChI is InChI=1S/C24H22F2N2O4/c25-16-4-1-3-15(13-16)21-20-22(29)18-14-17(26)5-6-19(18)32-23(20)24(30)28(21)8-2-7-27-9-11-31-12-10-27/h1,3-6,13-14,21H,2,7-12H2/t21-/m1/s1. The Kier molecular flexibility index (Phi) is 5.48. The Balaban J connectivity index is 1.54. The molecule has 8 heteroatoms. The molecule has 0 radical (unpaired) electrons. The molecule has 0 aliphatic carbocycles. The van der Waals surface area contributed by atoms with E-state index in [0.29, 0.717) is 31.7 Å². The van der Waals surface area contributed by atoms with Gasteiger partial charge in [0, 0.05) is 26.2 Å². The zero-order valence-corrected chi connectivity index (χ0v) is 17.4. The minimum absolute atomic E-state index is 0.0604. The van der Waals surface area contributed by atoms with Gasteiger partial charge in [0.1, 0.15) is 17.2 Å². The van der Waals surface area contributed by atoms with Gasteiger partial charge in [-0.1, -0.05) is 12.1 Å². The van der Waals surface area contributed by atoms with Crippen molar-refractivity contribution in [3.63, 3.8) is 0 Å². The maximum absolute atomic E-state index is 14.0. The van der Waals surface area contributed by atoms with Crippen molar-refractivity contribution in [3.8, 4) is 0 Å². The van der Waals surface area contributed by atoms with Gasteiger partial charge in [0.25, 0.3) is 5.91 Å². The van der Waals surface area contributed by atoms with Crippen LogP contribution in [0, 0.1) is 11.6 Å². The van der Waals surface area contributed by atoms with Gasteiger partial charge in [0.15, 0.2) is 5.43 Å². The Labute approximate surface area is 183 Å². The van der Waals surface area contributed by atoms with Crippen molar-refractivity contribution in [1.29, 1.82) is 0 Å². The van der Waals surface area contributed by atoms with Crippen molar-refractivity contribution in [3.05, 3.63) is 81.2 Å². The van der Waals surface area contributed by atoms with Crippen molar-refractivity contribution >= 4 is 16.9 Å². The normalized spacial score (nSPS) is 19.0. The fourth-order valence-electron chi connectivity index (χ4n) is 4.54. The largest absolute Gasteiger partial charge is 0.450 e. The average molecular weight is 440 g/mol. The highest BCUT2D eigenvalue weighted by atomic mass is 19.1. The molecule has 1 aromatic heterocycles. The van der Waals surface area contributed by atoms with Gasteiger partial charge in [-0.2, -0.15) is 0 Å². The number of benzene rings is 2. The predicted octanol–water partition coefficient (Wildman–Crippen LogP) is 3.34. The minimum atomic E-state index is -0.790. The van der Waals surface area contributed by atoms with Crippen molar-refractivity contribution in [2.24, 2.45) is 0 Å². The van der Waals surface area contributed by atoms with Crippen LogP contribution in [0.25, 0.3) is 11.0 Å². The number of rotatable bonds is 5. The molecule has 5 rings (SSSR count). The molecule has 2 aliphatic rings. The summed E-state index contributed by atoms with van der Waals surface area (Å²) in [5, 5.41) is 0.0631. The summed E-state index contributed by atoms with van der Waals surface area (Å²) in [4.78, 5) is 30.4. The van der Waals surface area contributed by atoms with Crippen molar-refractivity contribution < 1.29 is 22.7 Å². The van der Waals surface area contributed by atoms with E-state index in [2.05, 4.69) is 4.90 Å². The van der Waals surface area contributed by atoms with Crippen LogP contribution in [0.4, 0.5) is 8.78 Å². The van der Waals surface area contributed by atoms with E-state index in [1.807, 2.05) is 0 Å². The number of hydrogen-bond acceptors (Lipinski definition) is 5. The first kappa shape index (κ1) is 20.8. The Hall–Kier alpha value is -3.10. The first-order valence-corrected chi connectivity index (χ1v) is 10.7. The zero-order valence-electron chi connectivity index (χ0n) is 17.4. The van der Waals surface area contributed by atoms with Gasteiger partial charge < -0.3 is 14.1 Å². The lowest BCUT2D eigenvalue weighted by Gasteiger charge is -2.29. The second-order valence-corrected chi connectivity index (χ2v) is 8.08. The highest BCUT2D eigenvalue weighted by molar-refractivity contribution is 5.99. The van der Waals surface area contributed by atoms with Gasteiger partial charge >= 0.3 is 0 Å². The smallest absolute Gasteiger partial charge is 0.290 e. The number of ether oxygens (including phenoxy) is 1. The molecule has 1 saturated heterocycles. The van der Waals surface area contributed by atoms with Crippen LogP contribution in [-0.2, 0) is 4.74 Å². The van der Waals surface area contributed by atoms with E-state index >= 15 is 0 Å². The predicted molar refractivity (Wildman–Crippen MR) is 114 cm³/mol. The van der Waals surface area contributed by atoms with Gasteiger partial charge in [-0.25, -0.2) is 8.78 Å². The molecule has 0 spiro atoms. The first-order valence-electron chi connectivity index (χ1n) is 10.7. The molecule has 2 aromatic carbocycles.